The Morgan fingerprint density at radius 1 is 1.59 bits per heavy atom. The summed E-state index contributed by atoms with van der Waals surface area (Å²) in [6.07, 6.45) is 1.82. The predicted octanol–water partition coefficient (Wildman–Crippen LogP) is 1.17. The van der Waals surface area contributed by atoms with Crippen molar-refractivity contribution in [3.8, 4) is 0 Å². The van der Waals surface area contributed by atoms with Crippen LogP contribution in [0.5, 0.6) is 0 Å². The molecule has 1 aliphatic heterocycles. The molecule has 0 amide bonds. The zero-order valence-corrected chi connectivity index (χ0v) is 10.5. The second-order valence-electron chi connectivity index (χ2n) is 3.69. The summed E-state index contributed by atoms with van der Waals surface area (Å²) in [5.41, 5.74) is 0. The molecule has 0 saturated carbocycles. The normalized spacial score (nSPS) is 18.8. The molecule has 0 bridgehead atoms. The van der Waals surface area contributed by atoms with E-state index in [0.29, 0.717) is 26.0 Å². The molecule has 0 unspecified atom stereocenters. The van der Waals surface area contributed by atoms with Crippen molar-refractivity contribution >= 4 is 17.3 Å². The Morgan fingerprint density at radius 2 is 2.41 bits per heavy atom. The fourth-order valence-electron chi connectivity index (χ4n) is 1.60. The summed E-state index contributed by atoms with van der Waals surface area (Å²) in [6, 6.07) is 0. The van der Waals surface area contributed by atoms with Crippen LogP contribution in [0.25, 0.3) is 0 Å². The molecular weight excluding hydrogens is 242 g/mol. The molecule has 1 fully saturated rings. The average molecular weight is 255 g/mol. The number of hydrogen-bond donors (Lipinski definition) is 0. The Morgan fingerprint density at radius 3 is 3.06 bits per heavy atom. The number of nitrogens with zero attached hydrogens (tertiary/aromatic N) is 5. The molecule has 2 heterocycles. The first-order chi connectivity index (χ1) is 8.20. The zero-order valence-electron chi connectivity index (χ0n) is 9.66. The van der Waals surface area contributed by atoms with Gasteiger partial charge in [0.15, 0.2) is 0 Å². The smallest absolute Gasteiger partial charge is 0.228 e. The van der Waals surface area contributed by atoms with Gasteiger partial charge in [-0.05, 0) is 6.92 Å². The lowest BCUT2D eigenvalue weighted by molar-refractivity contribution is -0.0210. The molecule has 17 heavy (non-hydrogen) atoms. The van der Waals surface area contributed by atoms with Gasteiger partial charge in [0.2, 0.25) is 5.96 Å². The highest BCUT2D eigenvalue weighted by Gasteiger charge is 2.22. The van der Waals surface area contributed by atoms with E-state index in [9.17, 15) is 4.91 Å². The monoisotopic (exact) mass is 255 g/mol. The van der Waals surface area contributed by atoms with Crippen molar-refractivity contribution in [3.63, 3.8) is 0 Å². The molecule has 0 radical (unpaired) electrons. The van der Waals surface area contributed by atoms with Crippen molar-refractivity contribution in [3.05, 3.63) is 21.0 Å². The molecule has 0 N–H and O–H groups in total. The Hall–Kier alpha value is -1.54. The Bertz CT molecular complexity index is 433. The van der Waals surface area contributed by atoms with Gasteiger partial charge in [0.1, 0.15) is 13.5 Å². The molecule has 0 aliphatic carbocycles. The van der Waals surface area contributed by atoms with Crippen LogP contribution < -0.4 is 0 Å². The number of nitroso groups, excluding NO2 is 1. The zero-order chi connectivity index (χ0) is 12.3. The first kappa shape index (κ1) is 11.9. The molecule has 8 heteroatoms. The van der Waals surface area contributed by atoms with Crippen LogP contribution >= 0.6 is 11.3 Å². The molecule has 7 nitrogen and oxygen atoms in total. The Kier molecular flexibility index (Phi) is 3.64. The highest BCUT2D eigenvalue weighted by molar-refractivity contribution is 7.11. The fraction of sp³-hybridized carbons (Fsp3) is 0.556. The number of rotatable bonds is 3. The Balaban J connectivity index is 2.12. The molecule has 0 aromatic carbocycles. The number of aromatic nitrogens is 1. The highest BCUT2D eigenvalue weighted by atomic mass is 32.1. The quantitative estimate of drug-likeness (QED) is 0.599. The Labute approximate surface area is 103 Å². The number of thiazole rings is 1. The minimum Gasteiger partial charge on any atom is -0.341 e. The molecule has 0 atom stereocenters. The SMILES string of the molecule is Cc1ncc(CN2COCN(C)/C2=N\N=O)s1. The van der Waals surface area contributed by atoms with E-state index in [-0.39, 0.29) is 0 Å². The van der Waals surface area contributed by atoms with Crippen molar-refractivity contribution in [1.29, 1.82) is 0 Å². The van der Waals surface area contributed by atoms with Crippen molar-refractivity contribution in [2.24, 2.45) is 10.4 Å². The van der Waals surface area contributed by atoms with E-state index < -0.39 is 0 Å². The summed E-state index contributed by atoms with van der Waals surface area (Å²) >= 11 is 1.61. The molecule has 1 aliphatic rings. The van der Waals surface area contributed by atoms with E-state index in [1.807, 2.05) is 18.0 Å². The van der Waals surface area contributed by atoms with Crippen LogP contribution in [0, 0.1) is 11.8 Å². The summed E-state index contributed by atoms with van der Waals surface area (Å²) in [7, 11) is 1.80. The summed E-state index contributed by atoms with van der Waals surface area (Å²) in [5, 5.41) is 7.20. The van der Waals surface area contributed by atoms with E-state index in [2.05, 4.69) is 15.4 Å². The maximum Gasteiger partial charge on any atom is 0.228 e. The van der Waals surface area contributed by atoms with E-state index in [4.69, 9.17) is 4.74 Å². The third-order valence-electron chi connectivity index (χ3n) is 2.30. The van der Waals surface area contributed by atoms with E-state index in [0.717, 1.165) is 9.88 Å². The minimum absolute atomic E-state index is 0.398. The minimum atomic E-state index is 0.398. The topological polar surface area (TPSA) is 70.4 Å². The van der Waals surface area contributed by atoms with Gasteiger partial charge in [-0.1, -0.05) is 5.10 Å². The number of ether oxygens (including phenoxy) is 1. The standard InChI is InChI=1S/C9H13N5O2S/c1-7-10-3-8(17-7)4-14-6-16-5-13(2)9(14)11-12-15/h3H,4-6H2,1-2H3/b11-9+. The van der Waals surface area contributed by atoms with Gasteiger partial charge < -0.3 is 14.5 Å². The van der Waals surface area contributed by atoms with E-state index in [1.54, 1.807) is 23.3 Å². The maximum atomic E-state index is 10.3. The lowest BCUT2D eigenvalue weighted by atomic mass is 10.4. The molecule has 92 valence electrons. The second kappa shape index (κ2) is 5.19. The van der Waals surface area contributed by atoms with Gasteiger partial charge >= 0.3 is 0 Å². The van der Waals surface area contributed by atoms with Crippen molar-refractivity contribution in [1.82, 2.24) is 14.8 Å². The van der Waals surface area contributed by atoms with Gasteiger partial charge in [0, 0.05) is 18.1 Å². The molecule has 1 aromatic rings. The lowest BCUT2D eigenvalue weighted by Gasteiger charge is -2.35. The van der Waals surface area contributed by atoms with Crippen LogP contribution in [0.4, 0.5) is 0 Å². The van der Waals surface area contributed by atoms with Gasteiger partial charge in [-0.25, -0.2) is 4.98 Å². The van der Waals surface area contributed by atoms with Crippen molar-refractivity contribution in [2.45, 2.75) is 13.5 Å². The fourth-order valence-corrected chi connectivity index (χ4v) is 2.41. The number of guanidine groups is 1. The summed E-state index contributed by atoms with van der Waals surface area (Å²) in [6.45, 7) is 3.38. The first-order valence-electron chi connectivity index (χ1n) is 5.06. The van der Waals surface area contributed by atoms with Gasteiger partial charge in [0.05, 0.1) is 16.8 Å². The predicted molar refractivity (Wildman–Crippen MR) is 64.2 cm³/mol. The van der Waals surface area contributed by atoms with Gasteiger partial charge in [-0.15, -0.1) is 16.2 Å². The van der Waals surface area contributed by atoms with Crippen LogP contribution in [0.3, 0.4) is 0 Å². The third kappa shape index (κ3) is 2.77. The largest absolute Gasteiger partial charge is 0.341 e. The molecule has 1 aromatic heterocycles. The van der Waals surface area contributed by atoms with E-state index >= 15 is 0 Å². The second-order valence-corrected chi connectivity index (χ2v) is 5.00. The third-order valence-corrected chi connectivity index (χ3v) is 3.20. The van der Waals surface area contributed by atoms with Crippen LogP contribution in [0.15, 0.2) is 16.6 Å². The number of aryl methyl sites for hydroxylation is 1. The average Bonchev–Trinajstić information content (AvgIpc) is 2.69. The van der Waals surface area contributed by atoms with E-state index in [1.165, 1.54) is 0 Å². The first-order valence-corrected chi connectivity index (χ1v) is 5.88. The molecule has 0 spiro atoms. The summed E-state index contributed by atoms with van der Waals surface area (Å²) in [5.74, 6) is 0.525. The van der Waals surface area contributed by atoms with Crippen LogP contribution in [0.2, 0.25) is 0 Å². The highest BCUT2D eigenvalue weighted by Crippen LogP contribution is 2.16. The van der Waals surface area contributed by atoms with Gasteiger partial charge in [-0.2, -0.15) is 0 Å². The molecule has 1 saturated heterocycles. The van der Waals surface area contributed by atoms with Crippen molar-refractivity contribution in [2.75, 3.05) is 20.5 Å². The number of hydrogen-bond acceptors (Lipinski definition) is 5. The van der Waals surface area contributed by atoms with Crippen LogP contribution in [0.1, 0.15) is 9.88 Å². The van der Waals surface area contributed by atoms with Crippen LogP contribution in [-0.2, 0) is 11.3 Å². The molecular formula is C9H13N5O2S. The van der Waals surface area contributed by atoms with Crippen molar-refractivity contribution < 1.29 is 4.74 Å². The van der Waals surface area contributed by atoms with Gasteiger partial charge in [-0.3, -0.25) is 0 Å². The molecule has 2 rings (SSSR count). The lowest BCUT2D eigenvalue weighted by Crippen LogP contribution is -2.49. The van der Waals surface area contributed by atoms with Gasteiger partial charge in [0.25, 0.3) is 0 Å². The summed E-state index contributed by atoms with van der Waals surface area (Å²) < 4.78 is 5.36. The maximum absolute atomic E-state index is 10.3. The van der Waals surface area contributed by atoms with Crippen LogP contribution in [-0.4, -0.2) is 41.3 Å². The summed E-state index contributed by atoms with van der Waals surface area (Å²) in [4.78, 5) is 19.1.